The predicted octanol–water partition coefficient (Wildman–Crippen LogP) is 1.80. The van der Waals surface area contributed by atoms with E-state index in [-0.39, 0.29) is 6.10 Å². The Hall–Kier alpha value is -1.92. The maximum Gasteiger partial charge on any atom is 0.147 e. The van der Waals surface area contributed by atoms with Crippen LogP contribution in [0.4, 0.5) is 0 Å². The van der Waals surface area contributed by atoms with E-state index in [4.69, 9.17) is 9.47 Å². The van der Waals surface area contributed by atoms with Gasteiger partial charge in [-0.3, -0.25) is 4.90 Å². The Morgan fingerprint density at radius 2 is 2.22 bits per heavy atom. The summed E-state index contributed by atoms with van der Waals surface area (Å²) in [5.41, 5.74) is 1.26. The molecule has 1 aromatic carbocycles. The zero-order valence-electron chi connectivity index (χ0n) is 14.0. The maximum absolute atomic E-state index is 5.90. The summed E-state index contributed by atoms with van der Waals surface area (Å²) < 4.78 is 13.1. The third kappa shape index (κ3) is 4.09. The molecule has 1 aliphatic heterocycles. The van der Waals surface area contributed by atoms with Gasteiger partial charge in [-0.25, -0.2) is 9.67 Å². The first-order valence-corrected chi connectivity index (χ1v) is 7.99. The van der Waals surface area contributed by atoms with Gasteiger partial charge in [0.05, 0.1) is 26.4 Å². The van der Waals surface area contributed by atoms with E-state index in [2.05, 4.69) is 27.1 Å². The highest BCUT2D eigenvalue weighted by Gasteiger charge is 2.22. The molecule has 1 unspecified atom stereocenters. The zero-order chi connectivity index (χ0) is 16.2. The van der Waals surface area contributed by atoms with Gasteiger partial charge >= 0.3 is 0 Å². The van der Waals surface area contributed by atoms with Crippen molar-refractivity contribution in [2.24, 2.45) is 0 Å². The molecule has 23 heavy (non-hydrogen) atoms. The molecule has 6 heteroatoms. The van der Waals surface area contributed by atoms with Gasteiger partial charge in [0.1, 0.15) is 17.4 Å². The number of nitrogens with zero attached hydrogens (tertiary/aromatic N) is 4. The van der Waals surface area contributed by atoms with Crippen molar-refractivity contribution in [2.45, 2.75) is 33.0 Å². The molecule has 0 aliphatic carbocycles. The summed E-state index contributed by atoms with van der Waals surface area (Å²) in [5, 5.41) is 4.43. The minimum Gasteiger partial charge on any atom is -0.497 e. The molecule has 124 valence electrons. The lowest BCUT2D eigenvalue weighted by Crippen LogP contribution is -2.43. The molecule has 0 spiro atoms. The highest BCUT2D eigenvalue weighted by molar-refractivity contribution is 5.28. The third-order valence-electron chi connectivity index (χ3n) is 4.10. The van der Waals surface area contributed by atoms with E-state index in [1.165, 1.54) is 5.56 Å². The molecule has 0 N–H and O–H groups in total. The largest absolute Gasteiger partial charge is 0.497 e. The molecule has 1 atom stereocenters. The molecule has 2 heterocycles. The normalized spacial score (nSPS) is 19.0. The Morgan fingerprint density at radius 1 is 1.35 bits per heavy atom. The van der Waals surface area contributed by atoms with Crippen LogP contribution >= 0.6 is 0 Å². The maximum atomic E-state index is 5.90. The van der Waals surface area contributed by atoms with Crippen LogP contribution in [0.15, 0.2) is 24.3 Å². The predicted molar refractivity (Wildman–Crippen MR) is 87.5 cm³/mol. The summed E-state index contributed by atoms with van der Waals surface area (Å²) in [6.45, 7) is 8.16. The highest BCUT2D eigenvalue weighted by Crippen LogP contribution is 2.16. The van der Waals surface area contributed by atoms with E-state index in [0.717, 1.165) is 50.2 Å². The molecule has 2 aromatic rings. The fourth-order valence-corrected chi connectivity index (χ4v) is 2.99. The topological polar surface area (TPSA) is 52.4 Å². The number of benzene rings is 1. The van der Waals surface area contributed by atoms with Gasteiger partial charge in [0.15, 0.2) is 0 Å². The lowest BCUT2D eigenvalue weighted by molar-refractivity contribution is -0.0405. The van der Waals surface area contributed by atoms with Crippen molar-refractivity contribution in [3.05, 3.63) is 41.5 Å². The van der Waals surface area contributed by atoms with Gasteiger partial charge in [-0.05, 0) is 31.5 Å². The van der Waals surface area contributed by atoms with Crippen molar-refractivity contribution in [3.63, 3.8) is 0 Å². The summed E-state index contributed by atoms with van der Waals surface area (Å²) in [4.78, 5) is 6.77. The molecule has 3 rings (SSSR count). The molecule has 0 amide bonds. The van der Waals surface area contributed by atoms with Crippen LogP contribution in [-0.2, 0) is 17.8 Å². The van der Waals surface area contributed by atoms with E-state index in [1.54, 1.807) is 7.11 Å². The molecule has 1 fully saturated rings. The van der Waals surface area contributed by atoms with Crippen LogP contribution in [0.3, 0.4) is 0 Å². The minimum atomic E-state index is 0.147. The molecule has 1 aliphatic rings. The molecule has 1 saturated heterocycles. The number of ether oxygens (including phenoxy) is 2. The SMILES string of the molecule is COc1cccc(CN2CCOC(Cn3nc(C)nc3C)C2)c1. The van der Waals surface area contributed by atoms with Gasteiger partial charge in [0, 0.05) is 19.6 Å². The highest BCUT2D eigenvalue weighted by atomic mass is 16.5. The van der Waals surface area contributed by atoms with Crippen LogP contribution in [-0.4, -0.2) is 52.6 Å². The summed E-state index contributed by atoms with van der Waals surface area (Å²) in [6.07, 6.45) is 0.147. The average Bonchev–Trinajstić information content (AvgIpc) is 2.85. The summed E-state index contributed by atoms with van der Waals surface area (Å²) >= 11 is 0. The zero-order valence-corrected chi connectivity index (χ0v) is 14.0. The number of morpholine rings is 1. The van der Waals surface area contributed by atoms with Crippen LogP contribution in [0.25, 0.3) is 0 Å². The van der Waals surface area contributed by atoms with Crippen LogP contribution in [0.2, 0.25) is 0 Å². The number of rotatable bonds is 5. The van der Waals surface area contributed by atoms with Crippen LogP contribution in [0.5, 0.6) is 5.75 Å². The summed E-state index contributed by atoms with van der Waals surface area (Å²) in [6, 6.07) is 8.24. The standard InChI is InChI=1S/C17H24N4O2/c1-13-18-14(2)21(19-13)12-17-11-20(7-8-23-17)10-15-5-4-6-16(9-15)22-3/h4-6,9,17H,7-8,10-12H2,1-3H3. The van der Waals surface area contributed by atoms with Crippen LogP contribution in [0.1, 0.15) is 17.2 Å². The van der Waals surface area contributed by atoms with Crippen molar-refractivity contribution in [1.82, 2.24) is 19.7 Å². The number of methoxy groups -OCH3 is 1. The van der Waals surface area contributed by atoms with Gasteiger partial charge in [0.2, 0.25) is 0 Å². The third-order valence-corrected chi connectivity index (χ3v) is 4.10. The second-order valence-corrected chi connectivity index (χ2v) is 5.97. The Kier molecular flexibility index (Phi) is 4.93. The summed E-state index contributed by atoms with van der Waals surface area (Å²) in [7, 11) is 1.70. The van der Waals surface area contributed by atoms with Gasteiger partial charge in [-0.1, -0.05) is 12.1 Å². The van der Waals surface area contributed by atoms with E-state index in [1.807, 2.05) is 30.7 Å². The van der Waals surface area contributed by atoms with Gasteiger partial charge in [-0.2, -0.15) is 5.10 Å². The van der Waals surface area contributed by atoms with E-state index >= 15 is 0 Å². The van der Waals surface area contributed by atoms with Crippen molar-refractivity contribution < 1.29 is 9.47 Å². The van der Waals surface area contributed by atoms with Gasteiger partial charge < -0.3 is 9.47 Å². The first-order chi connectivity index (χ1) is 11.1. The Bertz CT molecular complexity index is 656. The number of aryl methyl sites for hydroxylation is 2. The van der Waals surface area contributed by atoms with Crippen molar-refractivity contribution in [1.29, 1.82) is 0 Å². The number of hydrogen-bond acceptors (Lipinski definition) is 5. The quantitative estimate of drug-likeness (QED) is 0.842. The fourth-order valence-electron chi connectivity index (χ4n) is 2.99. The first kappa shape index (κ1) is 16.0. The van der Waals surface area contributed by atoms with Gasteiger partial charge in [-0.15, -0.1) is 0 Å². The van der Waals surface area contributed by atoms with E-state index in [0.29, 0.717) is 0 Å². The van der Waals surface area contributed by atoms with Crippen LogP contribution in [0, 0.1) is 13.8 Å². The molecule has 0 radical (unpaired) electrons. The Balaban J connectivity index is 1.60. The van der Waals surface area contributed by atoms with Gasteiger partial charge in [0.25, 0.3) is 0 Å². The lowest BCUT2D eigenvalue weighted by atomic mass is 10.1. The summed E-state index contributed by atoms with van der Waals surface area (Å²) in [5.74, 6) is 2.66. The minimum absolute atomic E-state index is 0.147. The Morgan fingerprint density at radius 3 is 2.96 bits per heavy atom. The number of hydrogen-bond donors (Lipinski definition) is 0. The molecule has 0 bridgehead atoms. The first-order valence-electron chi connectivity index (χ1n) is 7.99. The van der Waals surface area contributed by atoms with Crippen molar-refractivity contribution in [2.75, 3.05) is 26.8 Å². The lowest BCUT2D eigenvalue weighted by Gasteiger charge is -2.33. The molecular weight excluding hydrogens is 292 g/mol. The second kappa shape index (κ2) is 7.10. The molecular formula is C17H24N4O2. The molecule has 1 aromatic heterocycles. The molecule has 6 nitrogen and oxygen atoms in total. The Labute approximate surface area is 137 Å². The van der Waals surface area contributed by atoms with Crippen LogP contribution < -0.4 is 4.74 Å². The van der Waals surface area contributed by atoms with Crippen molar-refractivity contribution in [3.8, 4) is 5.75 Å². The number of aromatic nitrogens is 3. The average molecular weight is 316 g/mol. The van der Waals surface area contributed by atoms with E-state index in [9.17, 15) is 0 Å². The fraction of sp³-hybridized carbons (Fsp3) is 0.529. The monoisotopic (exact) mass is 316 g/mol. The molecule has 0 saturated carbocycles. The van der Waals surface area contributed by atoms with E-state index < -0.39 is 0 Å². The van der Waals surface area contributed by atoms with Crippen molar-refractivity contribution >= 4 is 0 Å². The smallest absolute Gasteiger partial charge is 0.147 e. The second-order valence-electron chi connectivity index (χ2n) is 5.97.